The second kappa shape index (κ2) is 28.8. The Kier molecular flexibility index (Phi) is 20.6. The van der Waals surface area contributed by atoms with Crippen molar-refractivity contribution < 1.29 is 70.5 Å². The molecule has 0 aromatic carbocycles. The number of halogens is 7. The second-order valence-corrected chi connectivity index (χ2v) is 26.2. The quantitative estimate of drug-likeness (QED) is 0.0675. The van der Waals surface area contributed by atoms with Crippen LogP contribution in [0.2, 0.25) is 0 Å². The molecule has 3 amide bonds. The van der Waals surface area contributed by atoms with E-state index >= 15 is 0 Å². The number of nitrogens with one attached hydrogen (secondary N) is 3. The smallest absolute Gasteiger partial charge is 0.409 e. The molecule has 0 unspecified atom stereocenters. The lowest BCUT2D eigenvalue weighted by Gasteiger charge is -2.37. The lowest BCUT2D eigenvalue weighted by atomic mass is 9.92. The molecule has 6 fully saturated rings. The highest BCUT2D eigenvalue weighted by Gasteiger charge is 2.40. The van der Waals surface area contributed by atoms with Gasteiger partial charge in [-0.05, 0) is 75.2 Å². The van der Waals surface area contributed by atoms with Crippen LogP contribution in [0, 0.1) is 20.8 Å². The molecule has 3 saturated heterocycles. The number of aromatic amines is 1. The highest BCUT2D eigenvalue weighted by molar-refractivity contribution is 9.10. The highest BCUT2D eigenvalue weighted by atomic mass is 79.9. The van der Waals surface area contributed by atoms with Gasteiger partial charge in [0.05, 0.1) is 68.0 Å². The van der Waals surface area contributed by atoms with Crippen LogP contribution in [-0.4, -0.2) is 193 Å². The van der Waals surface area contributed by atoms with Crippen molar-refractivity contribution in [3.8, 4) is 50.1 Å². The Labute approximate surface area is 540 Å². The van der Waals surface area contributed by atoms with Crippen molar-refractivity contribution in [2.24, 2.45) is 4.99 Å². The van der Waals surface area contributed by atoms with Gasteiger partial charge in [0.15, 0.2) is 32.5 Å². The lowest BCUT2D eigenvalue weighted by molar-refractivity contribution is -0.0378. The molecule has 0 bridgehead atoms. The van der Waals surface area contributed by atoms with Gasteiger partial charge < -0.3 is 58.7 Å². The van der Waals surface area contributed by atoms with E-state index in [4.69, 9.17) is 20.3 Å². The molecule has 91 heavy (non-hydrogen) atoms. The largest absolute Gasteiger partial charge is 0.470 e. The molecule has 3 aliphatic carbocycles. The Balaban J connectivity index is 0.000000151. The molecule has 0 atom stereocenters. The number of amides is 3. The van der Waals surface area contributed by atoms with E-state index in [-0.39, 0.29) is 105 Å². The van der Waals surface area contributed by atoms with Crippen LogP contribution in [0.4, 0.5) is 52.4 Å². The summed E-state index contributed by atoms with van der Waals surface area (Å²) in [5.41, 5.74) is 2.77. The van der Waals surface area contributed by atoms with E-state index in [1.807, 2.05) is 36.9 Å². The van der Waals surface area contributed by atoms with Crippen molar-refractivity contribution in [2.75, 3.05) is 71.2 Å². The summed E-state index contributed by atoms with van der Waals surface area (Å²) in [6.07, 6.45) is -1.08. The minimum Gasteiger partial charge on any atom is -0.470 e. The Bertz CT molecular complexity index is 3640. The van der Waals surface area contributed by atoms with Gasteiger partial charge in [-0.1, -0.05) is 0 Å². The minimum absolute atomic E-state index is 0.0501. The number of H-pyrrole nitrogens is 1. The number of aryl methyl sites for hydroxylation is 3. The average molecular weight is 1400 g/mol. The molecule has 3 aliphatic heterocycles. The summed E-state index contributed by atoms with van der Waals surface area (Å²) in [4.78, 5) is 82.5. The number of carbonyl (C=O) groups is 3. The molecule has 6 aromatic heterocycles. The summed E-state index contributed by atoms with van der Waals surface area (Å²) in [6, 6.07) is 1.10. The Hall–Kier alpha value is -7.20. The Morgan fingerprint density at radius 1 is 0.582 bits per heavy atom. The fourth-order valence-electron chi connectivity index (χ4n) is 10.3. The van der Waals surface area contributed by atoms with Crippen molar-refractivity contribution >= 4 is 79.9 Å². The number of aromatic nitrogens is 9. The first kappa shape index (κ1) is 65.3. The maximum atomic E-state index is 13.5. The normalized spacial score (nSPS) is 19.6. The molecule has 6 aliphatic rings. The minimum atomic E-state index is -2.65. The number of anilines is 2. The van der Waals surface area contributed by atoms with Crippen LogP contribution >= 0.6 is 49.9 Å². The molecule has 492 valence electrons. The molecule has 34 heteroatoms. The summed E-state index contributed by atoms with van der Waals surface area (Å²) >= 11 is 7.72. The van der Waals surface area contributed by atoms with Crippen molar-refractivity contribution in [3.63, 3.8) is 0 Å². The number of rotatable bonds is 14. The fraction of sp³-hybridized carbons (Fsp3) is 0.579. The molecule has 3 saturated carbocycles. The maximum Gasteiger partial charge on any atom is 0.409 e. The van der Waals surface area contributed by atoms with Gasteiger partial charge >= 0.3 is 18.3 Å². The zero-order chi connectivity index (χ0) is 65.6. The third kappa shape index (κ3) is 17.9. The zero-order valence-corrected chi connectivity index (χ0v) is 54.4. The van der Waals surface area contributed by atoms with Crippen LogP contribution in [0.25, 0.3) is 32.5 Å². The van der Waals surface area contributed by atoms with Gasteiger partial charge in [-0.2, -0.15) is 15.0 Å². The van der Waals surface area contributed by atoms with E-state index in [1.165, 1.54) is 70.0 Å². The first-order chi connectivity index (χ1) is 43.8. The lowest BCUT2D eigenvalue weighted by Crippen LogP contribution is -2.56. The van der Waals surface area contributed by atoms with Crippen molar-refractivity contribution in [2.45, 2.75) is 152 Å². The third-order valence-electron chi connectivity index (χ3n) is 15.5. The summed E-state index contributed by atoms with van der Waals surface area (Å²) in [5.74, 6) is -4.90. The number of thiazole rings is 3. The summed E-state index contributed by atoms with van der Waals surface area (Å²) < 4.78 is 122. The average Bonchev–Trinajstić information content (AvgIpc) is 1.11. The summed E-state index contributed by atoms with van der Waals surface area (Å²) in [6.45, 7) is 7.85. The number of nitrogens with zero attached hydrogens (tertiary/aromatic N) is 12. The van der Waals surface area contributed by atoms with E-state index < -0.39 is 36.0 Å². The molecule has 24 nitrogen and oxygen atoms in total. The molecule has 3 N–H and O–H groups in total. The van der Waals surface area contributed by atoms with Gasteiger partial charge in [-0.25, -0.2) is 65.6 Å². The van der Waals surface area contributed by atoms with Crippen molar-refractivity contribution in [3.05, 3.63) is 55.3 Å². The van der Waals surface area contributed by atoms with Crippen LogP contribution in [0.3, 0.4) is 0 Å². The molecular weight excluding hydrogens is 1330 g/mol. The van der Waals surface area contributed by atoms with Gasteiger partial charge in [0, 0.05) is 95.9 Å². The van der Waals surface area contributed by atoms with Gasteiger partial charge in [0.25, 0.3) is 0 Å². The fourth-order valence-corrected chi connectivity index (χ4v) is 12.9. The van der Waals surface area contributed by atoms with Crippen LogP contribution in [0.5, 0.6) is 17.6 Å². The van der Waals surface area contributed by atoms with E-state index in [9.17, 15) is 40.7 Å². The highest BCUT2D eigenvalue weighted by Crippen LogP contribution is 2.40. The van der Waals surface area contributed by atoms with E-state index in [0.29, 0.717) is 125 Å². The number of carbonyl (C=O) groups excluding carboxylic acids is 3. The monoisotopic (exact) mass is 1400 g/mol. The van der Waals surface area contributed by atoms with E-state index in [1.54, 1.807) is 6.07 Å². The van der Waals surface area contributed by atoms with Crippen molar-refractivity contribution in [1.29, 1.82) is 0 Å². The van der Waals surface area contributed by atoms with Gasteiger partial charge in [-0.15, -0.1) is 34.0 Å². The van der Waals surface area contributed by atoms with Crippen LogP contribution in [0.15, 0.2) is 37.7 Å². The molecule has 9 heterocycles. The van der Waals surface area contributed by atoms with E-state index in [2.05, 4.69) is 85.9 Å². The Morgan fingerprint density at radius 3 is 1.47 bits per heavy atom. The summed E-state index contributed by atoms with van der Waals surface area (Å²) in [5, 5.41) is 14.1. The molecule has 0 spiro atoms. The number of hydrogen-bond acceptors (Lipinski definition) is 23. The number of likely N-dealkylation sites (tertiary alicyclic amines) is 3. The molecular formula is C57H68BrF6N15O9S3. The van der Waals surface area contributed by atoms with E-state index in [0.717, 1.165) is 17.1 Å². The number of ether oxygens (including phenoxy) is 6. The van der Waals surface area contributed by atoms with Crippen LogP contribution in [-0.2, 0) is 14.2 Å². The first-order valence-corrected chi connectivity index (χ1v) is 32.8. The first-order valence-electron chi connectivity index (χ1n) is 29.8. The predicted molar refractivity (Wildman–Crippen MR) is 327 cm³/mol. The summed E-state index contributed by atoms with van der Waals surface area (Å²) in [7, 11) is 3.98. The van der Waals surface area contributed by atoms with Crippen molar-refractivity contribution in [1.82, 2.24) is 59.6 Å². The van der Waals surface area contributed by atoms with Crippen LogP contribution < -0.4 is 30.3 Å². The Morgan fingerprint density at radius 2 is 1.01 bits per heavy atom. The third-order valence-corrected chi connectivity index (χ3v) is 19.0. The maximum absolute atomic E-state index is 13.5. The topological polar surface area (TPSA) is 272 Å². The number of methoxy groups -OCH3 is 3. The van der Waals surface area contributed by atoms with Crippen LogP contribution in [0.1, 0.15) is 95.5 Å². The molecule has 6 aromatic rings. The predicted octanol–water partition coefficient (Wildman–Crippen LogP) is 11.4. The van der Waals surface area contributed by atoms with Gasteiger partial charge in [0.2, 0.25) is 35.4 Å². The number of alkyl halides is 6. The SMILES string of the molecule is COC(=O)N1CC(Oc2cc(NC3CCC(F)(F)CC3)nc(-c3nc(C)cs3)n2)C1.COC(=O)N1CC(Oc2nc(-c3nc(C)cs3)nc(NC3CCC(F)(F)CC3)c2Br)C1.[2H]c1c(OC2CN(C(=O)OC)C2)nc(-c2nc(C)cs2)[nH]c1=NC1CCC(F)(F)CC1. The standard InChI is InChI=1S/C19H22BrF2N5O3S.2C19H23F2N5O3S/c1-10-9-31-17(23-10)15-25-14(24-11-3-5-19(21,22)6-4-11)13(20)16(26-15)30-12-7-27(8-12)18(28)29-2;2*1-11-10-30-17(22-11)16-24-14(23-12-3-5-19(20,21)6-4-12)7-15(25-16)29-13-8-26(9-13)18(27)28-2/h9,11-12H,3-8H2,1-2H3,(H,24,25,26);2*7,10,12-13H,3-6,8-9H2,1-2H3,(H,23,24,25)/i;7D;. The molecule has 0 radical (unpaired) electrons. The second-order valence-electron chi connectivity index (χ2n) is 22.8. The van der Waals surface area contributed by atoms with Gasteiger partial charge in [0.1, 0.15) is 39.9 Å². The zero-order valence-electron chi connectivity index (χ0n) is 51.4. The van der Waals surface area contributed by atoms with Gasteiger partial charge in [-0.3, -0.25) is 4.99 Å². The number of hydrogen-bond donors (Lipinski definition) is 3. The molecule has 12 rings (SSSR count).